The molecule has 0 aliphatic heterocycles. The van der Waals surface area contributed by atoms with Gasteiger partial charge in [-0.3, -0.25) is 0 Å². The summed E-state index contributed by atoms with van der Waals surface area (Å²) in [6.07, 6.45) is 0. The summed E-state index contributed by atoms with van der Waals surface area (Å²) in [5, 5.41) is 2.26. The van der Waals surface area contributed by atoms with Crippen LogP contribution in [-0.2, 0) is 16.6 Å². The lowest BCUT2D eigenvalue weighted by Gasteiger charge is -2.17. The molecular formula is C13H14BrClN2O2S2. The van der Waals surface area contributed by atoms with Crippen LogP contribution in [0.4, 0.5) is 5.69 Å². The van der Waals surface area contributed by atoms with Gasteiger partial charge in [-0.05, 0) is 57.6 Å². The molecule has 1 heterocycles. The number of anilines is 1. The minimum absolute atomic E-state index is 0.104. The molecule has 0 amide bonds. The van der Waals surface area contributed by atoms with Crippen LogP contribution in [0.3, 0.4) is 0 Å². The summed E-state index contributed by atoms with van der Waals surface area (Å²) in [7, 11) is -2.10. The molecule has 0 bridgehead atoms. The number of halogens is 2. The quantitative estimate of drug-likeness (QED) is 0.780. The molecule has 2 aromatic rings. The van der Waals surface area contributed by atoms with Crippen molar-refractivity contribution in [3.63, 3.8) is 0 Å². The number of rotatable bonds is 4. The van der Waals surface area contributed by atoms with E-state index < -0.39 is 10.0 Å². The van der Waals surface area contributed by atoms with Gasteiger partial charge in [0.1, 0.15) is 0 Å². The van der Waals surface area contributed by atoms with Crippen molar-refractivity contribution in [1.82, 2.24) is 4.31 Å². The molecule has 2 N–H and O–H groups in total. The first-order valence-corrected chi connectivity index (χ1v) is 9.45. The first-order chi connectivity index (χ1) is 9.71. The Kier molecular flexibility index (Phi) is 4.99. The Balaban J connectivity index is 2.33. The van der Waals surface area contributed by atoms with Crippen molar-refractivity contribution in [3.05, 3.63) is 43.5 Å². The number of hydrogen-bond acceptors (Lipinski definition) is 4. The van der Waals surface area contributed by atoms with E-state index in [4.69, 9.17) is 17.3 Å². The van der Waals surface area contributed by atoms with E-state index in [1.807, 2.05) is 11.4 Å². The number of benzene rings is 1. The van der Waals surface area contributed by atoms with Gasteiger partial charge in [0, 0.05) is 24.3 Å². The van der Waals surface area contributed by atoms with E-state index in [9.17, 15) is 8.42 Å². The molecule has 21 heavy (non-hydrogen) atoms. The third-order valence-electron chi connectivity index (χ3n) is 3.09. The number of nitrogens with two attached hydrogens (primary N) is 1. The molecule has 0 unspecified atom stereocenters. The molecule has 1 aromatic heterocycles. The smallest absolute Gasteiger partial charge is 0.243 e. The highest BCUT2D eigenvalue weighted by Crippen LogP contribution is 2.28. The van der Waals surface area contributed by atoms with Crippen molar-refractivity contribution in [2.75, 3.05) is 12.8 Å². The molecule has 114 valence electrons. The van der Waals surface area contributed by atoms with Gasteiger partial charge in [0.25, 0.3) is 0 Å². The maximum atomic E-state index is 12.6. The van der Waals surface area contributed by atoms with Crippen LogP contribution in [0, 0.1) is 6.92 Å². The van der Waals surface area contributed by atoms with Crippen molar-refractivity contribution in [2.45, 2.75) is 18.4 Å². The number of sulfonamides is 1. The van der Waals surface area contributed by atoms with E-state index in [2.05, 4.69) is 15.9 Å². The Morgan fingerprint density at radius 1 is 1.38 bits per heavy atom. The van der Waals surface area contributed by atoms with Gasteiger partial charge in [0.05, 0.1) is 8.68 Å². The van der Waals surface area contributed by atoms with E-state index >= 15 is 0 Å². The van der Waals surface area contributed by atoms with E-state index in [0.29, 0.717) is 16.3 Å². The largest absolute Gasteiger partial charge is 0.398 e. The summed E-state index contributed by atoms with van der Waals surface area (Å²) in [6, 6.07) is 4.77. The van der Waals surface area contributed by atoms with Crippen LogP contribution < -0.4 is 5.73 Å². The van der Waals surface area contributed by atoms with E-state index in [0.717, 1.165) is 9.35 Å². The van der Waals surface area contributed by atoms with E-state index in [-0.39, 0.29) is 11.4 Å². The molecule has 0 atom stereocenters. The molecule has 0 aliphatic carbocycles. The Morgan fingerprint density at radius 3 is 2.57 bits per heavy atom. The maximum absolute atomic E-state index is 12.6. The van der Waals surface area contributed by atoms with Crippen LogP contribution in [-0.4, -0.2) is 19.8 Å². The molecule has 0 fully saturated rings. The Morgan fingerprint density at radius 2 is 2.05 bits per heavy atom. The highest BCUT2D eigenvalue weighted by Gasteiger charge is 2.23. The lowest BCUT2D eigenvalue weighted by atomic mass is 10.2. The lowest BCUT2D eigenvalue weighted by Crippen LogP contribution is -2.26. The highest BCUT2D eigenvalue weighted by molar-refractivity contribution is 9.11. The highest BCUT2D eigenvalue weighted by atomic mass is 79.9. The lowest BCUT2D eigenvalue weighted by molar-refractivity contribution is 0.467. The molecule has 0 saturated heterocycles. The van der Waals surface area contributed by atoms with Crippen LogP contribution in [0.15, 0.2) is 32.3 Å². The molecule has 4 nitrogen and oxygen atoms in total. The van der Waals surface area contributed by atoms with Gasteiger partial charge in [0.2, 0.25) is 10.0 Å². The van der Waals surface area contributed by atoms with Gasteiger partial charge < -0.3 is 5.73 Å². The summed E-state index contributed by atoms with van der Waals surface area (Å²) >= 11 is 10.9. The van der Waals surface area contributed by atoms with Crippen LogP contribution in [0.25, 0.3) is 0 Å². The zero-order valence-electron chi connectivity index (χ0n) is 11.4. The predicted molar refractivity (Wildman–Crippen MR) is 91.3 cm³/mol. The van der Waals surface area contributed by atoms with Crippen LogP contribution in [0.2, 0.25) is 5.02 Å². The van der Waals surface area contributed by atoms with Gasteiger partial charge in [-0.2, -0.15) is 4.31 Å². The van der Waals surface area contributed by atoms with E-state index in [1.165, 1.54) is 34.8 Å². The zero-order valence-corrected chi connectivity index (χ0v) is 15.4. The second-order valence-corrected chi connectivity index (χ2v) is 9.38. The van der Waals surface area contributed by atoms with Crippen molar-refractivity contribution < 1.29 is 8.42 Å². The van der Waals surface area contributed by atoms with Crippen molar-refractivity contribution in [3.8, 4) is 0 Å². The maximum Gasteiger partial charge on any atom is 0.243 e. The number of thiophene rings is 1. The van der Waals surface area contributed by atoms with Crippen LogP contribution >= 0.6 is 38.9 Å². The summed E-state index contributed by atoms with van der Waals surface area (Å²) in [4.78, 5) is 0.104. The molecule has 0 saturated carbocycles. The first kappa shape index (κ1) is 16.8. The van der Waals surface area contributed by atoms with Crippen LogP contribution in [0.1, 0.15) is 11.1 Å². The average molecular weight is 410 g/mol. The van der Waals surface area contributed by atoms with Crippen molar-refractivity contribution in [2.24, 2.45) is 0 Å². The Bertz CT molecular complexity index is 751. The second kappa shape index (κ2) is 6.26. The molecule has 0 spiro atoms. The van der Waals surface area contributed by atoms with Gasteiger partial charge >= 0.3 is 0 Å². The fourth-order valence-electron chi connectivity index (χ4n) is 1.77. The Hall–Kier alpha value is -0.600. The first-order valence-electron chi connectivity index (χ1n) is 5.96. The number of nitrogens with zero attached hydrogens (tertiary/aromatic N) is 1. The number of hydrogen-bond donors (Lipinski definition) is 1. The third-order valence-corrected chi connectivity index (χ3v) is 6.82. The fourth-order valence-corrected chi connectivity index (χ4v) is 4.49. The topological polar surface area (TPSA) is 63.4 Å². The van der Waals surface area contributed by atoms with Gasteiger partial charge in [-0.25, -0.2) is 8.42 Å². The average Bonchev–Trinajstić information content (AvgIpc) is 2.80. The molecule has 0 aliphatic rings. The van der Waals surface area contributed by atoms with E-state index in [1.54, 1.807) is 6.92 Å². The van der Waals surface area contributed by atoms with Crippen molar-refractivity contribution in [1.29, 1.82) is 0 Å². The second-order valence-electron chi connectivity index (χ2n) is 4.64. The predicted octanol–water partition coefficient (Wildman–Crippen LogP) is 3.88. The molecular weight excluding hydrogens is 396 g/mol. The zero-order chi connectivity index (χ0) is 15.8. The minimum Gasteiger partial charge on any atom is -0.398 e. The van der Waals surface area contributed by atoms with Gasteiger partial charge in [-0.1, -0.05) is 11.6 Å². The monoisotopic (exact) mass is 408 g/mol. The molecule has 2 rings (SSSR count). The Labute approximate surface area is 141 Å². The van der Waals surface area contributed by atoms with Gasteiger partial charge in [0.15, 0.2) is 0 Å². The SMILES string of the molecule is Cc1c(N)cc(S(=O)(=O)N(C)Cc2csc(Br)c2)cc1Cl. The summed E-state index contributed by atoms with van der Waals surface area (Å²) < 4.78 is 27.4. The molecule has 1 aromatic carbocycles. The fraction of sp³-hybridized carbons (Fsp3) is 0.231. The minimum atomic E-state index is -3.63. The standard InChI is InChI=1S/C13H14BrClN2O2S2/c1-8-11(15)4-10(5-12(8)16)21(18,19)17(2)6-9-3-13(14)20-7-9/h3-5,7H,6,16H2,1-2H3. The summed E-state index contributed by atoms with van der Waals surface area (Å²) in [6.45, 7) is 2.04. The number of nitrogen functional groups attached to an aromatic ring is 1. The third kappa shape index (κ3) is 3.60. The molecule has 0 radical (unpaired) electrons. The van der Waals surface area contributed by atoms with Crippen LogP contribution in [0.5, 0.6) is 0 Å². The normalized spacial score (nSPS) is 12.0. The molecule has 8 heteroatoms. The van der Waals surface area contributed by atoms with Gasteiger partial charge in [-0.15, -0.1) is 11.3 Å². The summed E-state index contributed by atoms with van der Waals surface area (Å²) in [5.41, 5.74) is 7.77. The van der Waals surface area contributed by atoms with Crippen molar-refractivity contribution >= 4 is 54.6 Å². The summed E-state index contributed by atoms with van der Waals surface area (Å²) in [5.74, 6) is 0.